The lowest BCUT2D eigenvalue weighted by atomic mass is 9.86. The van der Waals surface area contributed by atoms with Crippen LogP contribution in [0.1, 0.15) is 66.8 Å². The fraction of sp³-hybridized carbons (Fsp3) is 0.320. The Morgan fingerprint density at radius 1 is 1.09 bits per heavy atom. The van der Waals surface area contributed by atoms with Crippen LogP contribution in [0.15, 0.2) is 49.1 Å². The minimum atomic E-state index is -0.0872. The molecule has 0 aliphatic heterocycles. The van der Waals surface area contributed by atoms with E-state index >= 15 is 0 Å². The number of benzene rings is 1. The molecule has 1 atom stereocenters. The monoisotopic (exact) mass is 426 g/mol. The second-order valence-corrected chi connectivity index (χ2v) is 9.37. The molecule has 2 N–H and O–H groups in total. The SMILES string of the molecule is CC(C)(C)c1ccc(C(=O)NC2CCCc3cc(-c4ncnc5[nH]ncc45)ccc32)cn1. The molecule has 1 aliphatic carbocycles. The Morgan fingerprint density at radius 3 is 2.75 bits per heavy atom. The molecule has 3 heterocycles. The molecular formula is C25H26N6O. The van der Waals surface area contributed by atoms with Crippen molar-refractivity contribution in [3.8, 4) is 11.3 Å². The van der Waals surface area contributed by atoms with Crippen LogP contribution in [0.3, 0.4) is 0 Å². The molecule has 0 bridgehead atoms. The van der Waals surface area contributed by atoms with E-state index < -0.39 is 0 Å². The van der Waals surface area contributed by atoms with E-state index in [4.69, 9.17) is 0 Å². The number of rotatable bonds is 3. The molecule has 1 amide bonds. The van der Waals surface area contributed by atoms with E-state index in [2.05, 4.69) is 69.4 Å². The number of amides is 1. The van der Waals surface area contributed by atoms with Gasteiger partial charge in [-0.15, -0.1) is 0 Å². The van der Waals surface area contributed by atoms with Gasteiger partial charge in [-0.2, -0.15) is 5.10 Å². The number of carbonyl (C=O) groups is 1. The van der Waals surface area contributed by atoms with Crippen LogP contribution in [0.25, 0.3) is 22.3 Å². The first-order valence-electron chi connectivity index (χ1n) is 10.9. The van der Waals surface area contributed by atoms with Gasteiger partial charge in [0.1, 0.15) is 6.33 Å². The highest BCUT2D eigenvalue weighted by molar-refractivity contribution is 5.94. The van der Waals surface area contributed by atoms with Crippen molar-refractivity contribution in [2.45, 2.75) is 51.5 Å². The minimum Gasteiger partial charge on any atom is -0.345 e. The molecule has 5 rings (SSSR count). The molecule has 32 heavy (non-hydrogen) atoms. The zero-order valence-corrected chi connectivity index (χ0v) is 18.5. The van der Waals surface area contributed by atoms with Gasteiger partial charge in [0, 0.05) is 22.9 Å². The van der Waals surface area contributed by atoms with E-state index in [1.807, 2.05) is 12.1 Å². The van der Waals surface area contributed by atoms with Gasteiger partial charge in [-0.3, -0.25) is 14.9 Å². The lowest BCUT2D eigenvalue weighted by Crippen LogP contribution is -2.31. The van der Waals surface area contributed by atoms with Crippen LogP contribution in [-0.4, -0.2) is 31.1 Å². The molecule has 162 valence electrons. The summed E-state index contributed by atoms with van der Waals surface area (Å²) >= 11 is 0. The first kappa shape index (κ1) is 20.3. The third-order valence-corrected chi connectivity index (χ3v) is 6.08. The first-order chi connectivity index (χ1) is 15.4. The maximum atomic E-state index is 12.9. The number of aromatic nitrogens is 5. The molecule has 0 fully saturated rings. The number of H-pyrrole nitrogens is 1. The first-order valence-corrected chi connectivity index (χ1v) is 10.9. The zero-order valence-electron chi connectivity index (χ0n) is 18.5. The van der Waals surface area contributed by atoms with Gasteiger partial charge in [0.2, 0.25) is 0 Å². The number of nitrogens with one attached hydrogen (secondary N) is 2. The molecule has 1 aliphatic rings. The molecule has 0 saturated carbocycles. The van der Waals surface area contributed by atoms with Crippen LogP contribution in [0.4, 0.5) is 0 Å². The molecular weight excluding hydrogens is 400 g/mol. The molecule has 3 aromatic heterocycles. The second kappa shape index (κ2) is 7.82. The number of aromatic amines is 1. The Labute approximate surface area is 186 Å². The van der Waals surface area contributed by atoms with Gasteiger partial charge in [-0.1, -0.05) is 32.9 Å². The summed E-state index contributed by atoms with van der Waals surface area (Å²) in [5, 5.41) is 11.1. The lowest BCUT2D eigenvalue weighted by Gasteiger charge is -2.27. The van der Waals surface area contributed by atoms with Crippen molar-refractivity contribution >= 4 is 16.9 Å². The van der Waals surface area contributed by atoms with Gasteiger partial charge < -0.3 is 5.32 Å². The Bertz CT molecular complexity index is 1290. The maximum absolute atomic E-state index is 12.9. The number of hydrogen-bond acceptors (Lipinski definition) is 5. The van der Waals surface area contributed by atoms with Crippen LogP contribution in [0.2, 0.25) is 0 Å². The average molecular weight is 427 g/mol. The van der Waals surface area contributed by atoms with Gasteiger partial charge in [0.25, 0.3) is 5.91 Å². The van der Waals surface area contributed by atoms with E-state index in [9.17, 15) is 4.79 Å². The van der Waals surface area contributed by atoms with Crippen LogP contribution in [-0.2, 0) is 11.8 Å². The van der Waals surface area contributed by atoms with E-state index in [-0.39, 0.29) is 17.4 Å². The zero-order chi connectivity index (χ0) is 22.3. The molecule has 7 nitrogen and oxygen atoms in total. The van der Waals surface area contributed by atoms with Crippen molar-refractivity contribution in [1.82, 2.24) is 30.5 Å². The van der Waals surface area contributed by atoms with Crippen molar-refractivity contribution in [2.24, 2.45) is 0 Å². The summed E-state index contributed by atoms with van der Waals surface area (Å²) in [7, 11) is 0. The van der Waals surface area contributed by atoms with E-state index in [1.54, 1.807) is 18.7 Å². The summed E-state index contributed by atoms with van der Waals surface area (Å²) < 4.78 is 0. The molecule has 0 saturated heterocycles. The fourth-order valence-corrected chi connectivity index (χ4v) is 4.32. The largest absolute Gasteiger partial charge is 0.345 e. The van der Waals surface area contributed by atoms with Gasteiger partial charge >= 0.3 is 0 Å². The highest BCUT2D eigenvalue weighted by Gasteiger charge is 2.24. The number of hydrogen-bond donors (Lipinski definition) is 2. The standard InChI is InChI=1S/C25H26N6O/c1-25(2,3)21-10-8-17(12-26-21)24(32)30-20-6-4-5-15-11-16(7-9-18(15)20)22-19-13-29-31-23(19)28-14-27-22/h7-14,20H,4-6H2,1-3H3,(H,30,32)(H,27,28,29,31). The highest BCUT2D eigenvalue weighted by atomic mass is 16.1. The summed E-state index contributed by atoms with van der Waals surface area (Å²) in [6.07, 6.45) is 7.91. The molecule has 1 aromatic carbocycles. The number of nitrogens with zero attached hydrogens (tertiary/aromatic N) is 4. The molecule has 7 heteroatoms. The summed E-state index contributed by atoms with van der Waals surface area (Å²) in [6.45, 7) is 6.34. The summed E-state index contributed by atoms with van der Waals surface area (Å²) in [5.41, 5.74) is 6.56. The summed E-state index contributed by atoms with van der Waals surface area (Å²) in [6, 6.07) is 10.2. The Kier molecular flexibility index (Phi) is 4.96. The van der Waals surface area contributed by atoms with E-state index in [0.29, 0.717) is 5.56 Å². The van der Waals surface area contributed by atoms with Crippen molar-refractivity contribution in [2.75, 3.05) is 0 Å². The van der Waals surface area contributed by atoms with Crippen LogP contribution in [0, 0.1) is 0 Å². The smallest absolute Gasteiger partial charge is 0.253 e. The summed E-state index contributed by atoms with van der Waals surface area (Å²) in [5.74, 6) is -0.0872. The molecule has 4 aromatic rings. The van der Waals surface area contributed by atoms with Gasteiger partial charge in [0.15, 0.2) is 5.65 Å². The maximum Gasteiger partial charge on any atom is 0.253 e. The van der Waals surface area contributed by atoms with E-state index in [1.165, 1.54) is 11.1 Å². The Hall–Kier alpha value is -3.61. The molecule has 0 radical (unpaired) electrons. The normalized spacial score (nSPS) is 16.0. The van der Waals surface area contributed by atoms with Crippen molar-refractivity contribution < 1.29 is 4.79 Å². The Morgan fingerprint density at radius 2 is 1.97 bits per heavy atom. The lowest BCUT2D eigenvalue weighted by molar-refractivity contribution is 0.0932. The van der Waals surface area contributed by atoms with Gasteiger partial charge in [0.05, 0.1) is 28.9 Å². The summed E-state index contributed by atoms with van der Waals surface area (Å²) in [4.78, 5) is 26.1. The highest BCUT2D eigenvalue weighted by Crippen LogP contribution is 2.34. The van der Waals surface area contributed by atoms with Crippen LogP contribution in [0.5, 0.6) is 0 Å². The third kappa shape index (κ3) is 3.75. The predicted molar refractivity (Wildman–Crippen MR) is 123 cm³/mol. The van der Waals surface area contributed by atoms with Crippen molar-refractivity contribution in [1.29, 1.82) is 0 Å². The van der Waals surface area contributed by atoms with Crippen molar-refractivity contribution in [3.05, 3.63) is 71.4 Å². The minimum absolute atomic E-state index is 0.0121. The van der Waals surface area contributed by atoms with Crippen molar-refractivity contribution in [3.63, 3.8) is 0 Å². The third-order valence-electron chi connectivity index (χ3n) is 6.08. The predicted octanol–water partition coefficient (Wildman–Crippen LogP) is 4.52. The van der Waals surface area contributed by atoms with Gasteiger partial charge in [-0.25, -0.2) is 9.97 Å². The van der Waals surface area contributed by atoms with Crippen LogP contribution >= 0.6 is 0 Å². The number of aryl methyl sites for hydroxylation is 1. The average Bonchev–Trinajstić information content (AvgIpc) is 3.27. The Balaban J connectivity index is 1.39. The number of carbonyl (C=O) groups excluding carboxylic acids is 1. The van der Waals surface area contributed by atoms with Gasteiger partial charge in [-0.05, 0) is 48.6 Å². The van der Waals surface area contributed by atoms with E-state index in [0.717, 1.165) is 47.2 Å². The molecule has 0 spiro atoms. The molecule has 1 unspecified atom stereocenters. The fourth-order valence-electron chi connectivity index (χ4n) is 4.32. The number of pyridine rings is 1. The quantitative estimate of drug-likeness (QED) is 0.502. The topological polar surface area (TPSA) is 96.5 Å². The second-order valence-electron chi connectivity index (χ2n) is 9.37. The number of fused-ring (bicyclic) bond motifs is 2. The van der Waals surface area contributed by atoms with Crippen LogP contribution < -0.4 is 5.32 Å².